The number of amides is 1. The number of rotatable bonds is 4. The lowest BCUT2D eigenvalue weighted by atomic mass is 10.0. The van der Waals surface area contributed by atoms with E-state index in [9.17, 15) is 9.59 Å². The summed E-state index contributed by atoms with van der Waals surface area (Å²) >= 11 is 6.07. The van der Waals surface area contributed by atoms with Gasteiger partial charge in [0.1, 0.15) is 29.2 Å². The molecular weight excluding hydrogens is 366 g/mol. The Morgan fingerprint density at radius 2 is 2.07 bits per heavy atom. The average Bonchev–Trinajstić information content (AvgIpc) is 2.89. The normalized spacial score (nSPS) is 18.1. The molecule has 0 spiro atoms. The Balaban J connectivity index is 1.76. The number of fused-ring (bicyclic) bond motifs is 1. The number of hydrogen-bond donors (Lipinski definition) is 2. The highest BCUT2D eigenvalue weighted by Crippen LogP contribution is 2.27. The second-order valence-corrected chi connectivity index (χ2v) is 6.96. The van der Waals surface area contributed by atoms with Crippen molar-refractivity contribution in [1.29, 1.82) is 0 Å². The van der Waals surface area contributed by atoms with Gasteiger partial charge in [0.2, 0.25) is 0 Å². The largest absolute Gasteiger partial charge is 0.336 e. The number of nitrogens with zero attached hydrogens (tertiary/aromatic N) is 3. The van der Waals surface area contributed by atoms with Gasteiger partial charge in [0.05, 0.1) is 0 Å². The van der Waals surface area contributed by atoms with E-state index >= 15 is 0 Å². The topological polar surface area (TPSA) is 88.9 Å². The van der Waals surface area contributed by atoms with E-state index in [1.54, 1.807) is 30.5 Å². The summed E-state index contributed by atoms with van der Waals surface area (Å²) in [4.78, 5) is 33.5. The molecule has 0 bridgehead atoms. The minimum absolute atomic E-state index is 0.287. The fraction of sp³-hybridized carbons (Fsp3) is 0.158. The van der Waals surface area contributed by atoms with Crippen molar-refractivity contribution < 1.29 is 4.79 Å². The summed E-state index contributed by atoms with van der Waals surface area (Å²) in [6, 6.07) is 12.2. The van der Waals surface area contributed by atoms with Crippen LogP contribution in [0.3, 0.4) is 0 Å². The number of pyridine rings is 1. The Bertz CT molecular complexity index is 1080. The van der Waals surface area contributed by atoms with Crippen molar-refractivity contribution in [3.63, 3.8) is 0 Å². The Labute approximate surface area is 160 Å². The lowest BCUT2D eigenvalue weighted by molar-refractivity contribution is 0.0927. The quantitative estimate of drug-likeness (QED) is 0.725. The van der Waals surface area contributed by atoms with E-state index in [2.05, 4.69) is 20.6 Å². The molecule has 136 valence electrons. The van der Waals surface area contributed by atoms with E-state index in [4.69, 9.17) is 11.6 Å². The van der Waals surface area contributed by atoms with Crippen molar-refractivity contribution >= 4 is 29.0 Å². The molecule has 0 radical (unpaired) electrons. The number of anilines is 2. The summed E-state index contributed by atoms with van der Waals surface area (Å²) in [5.74, 6) is 0.210. The highest BCUT2D eigenvalue weighted by Gasteiger charge is 2.40. The van der Waals surface area contributed by atoms with Gasteiger partial charge in [0.15, 0.2) is 0 Å². The number of hydrogen-bond acceptors (Lipinski definition) is 5. The van der Waals surface area contributed by atoms with Crippen molar-refractivity contribution in [3.05, 3.63) is 81.6 Å². The van der Waals surface area contributed by atoms with Gasteiger partial charge in [-0.25, -0.2) is 9.97 Å². The first kappa shape index (κ1) is 17.2. The second kappa shape index (κ2) is 6.51. The van der Waals surface area contributed by atoms with E-state index < -0.39 is 5.66 Å². The van der Waals surface area contributed by atoms with Gasteiger partial charge in [0, 0.05) is 17.6 Å². The van der Waals surface area contributed by atoms with Gasteiger partial charge < -0.3 is 10.6 Å². The third kappa shape index (κ3) is 3.17. The molecule has 2 N–H and O–H groups in total. The average molecular weight is 382 g/mol. The highest BCUT2D eigenvalue weighted by molar-refractivity contribution is 6.30. The van der Waals surface area contributed by atoms with Gasteiger partial charge >= 0.3 is 0 Å². The van der Waals surface area contributed by atoms with Crippen LogP contribution in [-0.4, -0.2) is 20.4 Å². The molecule has 1 aromatic carbocycles. The number of halogens is 1. The van der Waals surface area contributed by atoms with Crippen molar-refractivity contribution in [3.8, 4) is 0 Å². The minimum atomic E-state index is -0.905. The van der Waals surface area contributed by atoms with Crippen molar-refractivity contribution in [2.75, 3.05) is 5.32 Å². The molecule has 0 saturated carbocycles. The van der Waals surface area contributed by atoms with Gasteiger partial charge in [-0.05, 0) is 42.8 Å². The summed E-state index contributed by atoms with van der Waals surface area (Å²) in [6.07, 6.45) is 3.39. The van der Waals surface area contributed by atoms with E-state index in [1.165, 1.54) is 10.9 Å². The summed E-state index contributed by atoms with van der Waals surface area (Å²) in [6.45, 7) is 1.82. The van der Waals surface area contributed by atoms with Gasteiger partial charge in [-0.2, -0.15) is 0 Å². The van der Waals surface area contributed by atoms with Crippen LogP contribution >= 0.6 is 11.6 Å². The molecule has 7 nitrogen and oxygen atoms in total. The first-order valence-corrected chi connectivity index (χ1v) is 8.71. The maximum atomic E-state index is 13.1. The van der Waals surface area contributed by atoms with Crippen LogP contribution in [0.15, 0.2) is 59.8 Å². The molecule has 2 aromatic heterocycles. The zero-order valence-corrected chi connectivity index (χ0v) is 15.2. The smallest absolute Gasteiger partial charge is 0.276 e. The molecule has 1 amide bonds. The van der Waals surface area contributed by atoms with Crippen LogP contribution in [0.1, 0.15) is 23.0 Å². The maximum Gasteiger partial charge on any atom is 0.276 e. The van der Waals surface area contributed by atoms with Crippen LogP contribution in [0.4, 0.5) is 11.5 Å². The molecule has 4 rings (SSSR count). The van der Waals surface area contributed by atoms with Crippen LogP contribution in [0.25, 0.3) is 0 Å². The molecule has 1 unspecified atom stereocenters. The summed E-state index contributed by atoms with van der Waals surface area (Å²) < 4.78 is 1.49. The second-order valence-electron chi connectivity index (χ2n) is 6.53. The van der Waals surface area contributed by atoms with Crippen molar-refractivity contribution in [2.45, 2.75) is 19.0 Å². The minimum Gasteiger partial charge on any atom is -0.336 e. The molecule has 0 fully saturated rings. The number of carbonyl (C=O) groups is 1. The number of nitrogens with one attached hydrogen (secondary N) is 2. The predicted octanol–water partition coefficient (Wildman–Crippen LogP) is 2.69. The summed E-state index contributed by atoms with van der Waals surface area (Å²) in [7, 11) is 0. The van der Waals surface area contributed by atoms with Crippen LogP contribution in [0, 0.1) is 0 Å². The fourth-order valence-corrected chi connectivity index (χ4v) is 3.55. The van der Waals surface area contributed by atoms with Crippen LogP contribution < -0.4 is 16.2 Å². The van der Waals surface area contributed by atoms with Crippen LogP contribution in [-0.2, 0) is 12.1 Å². The third-order valence-electron chi connectivity index (χ3n) is 4.47. The predicted molar refractivity (Wildman–Crippen MR) is 102 cm³/mol. The fourth-order valence-electron chi connectivity index (χ4n) is 3.34. The lowest BCUT2D eigenvalue weighted by Gasteiger charge is -2.27. The highest BCUT2D eigenvalue weighted by atomic mass is 35.5. The number of benzene rings is 1. The van der Waals surface area contributed by atoms with E-state index in [-0.39, 0.29) is 11.5 Å². The number of aromatic nitrogens is 3. The Kier molecular flexibility index (Phi) is 4.16. The molecule has 1 aliphatic heterocycles. The van der Waals surface area contributed by atoms with E-state index in [0.29, 0.717) is 28.6 Å². The molecule has 27 heavy (non-hydrogen) atoms. The zero-order chi connectivity index (χ0) is 19.0. The van der Waals surface area contributed by atoms with Gasteiger partial charge in [-0.15, -0.1) is 0 Å². The monoisotopic (exact) mass is 381 g/mol. The SMILES string of the molecule is CC1(Cc2cccc(Cl)c2)NC(=O)c2ccc(Nc3ccncn3)c(=O)n21. The number of carbonyl (C=O) groups excluding carboxylic acids is 1. The maximum absolute atomic E-state index is 13.1. The third-order valence-corrected chi connectivity index (χ3v) is 4.71. The molecule has 1 aliphatic rings. The van der Waals surface area contributed by atoms with Crippen molar-refractivity contribution in [2.24, 2.45) is 0 Å². The Morgan fingerprint density at radius 3 is 2.81 bits per heavy atom. The van der Waals surface area contributed by atoms with Gasteiger partial charge in [-0.3, -0.25) is 14.2 Å². The first-order chi connectivity index (χ1) is 13.0. The molecule has 0 aliphatic carbocycles. The molecule has 8 heteroatoms. The Morgan fingerprint density at radius 1 is 1.22 bits per heavy atom. The van der Waals surface area contributed by atoms with Crippen LogP contribution in [0.5, 0.6) is 0 Å². The van der Waals surface area contributed by atoms with E-state index in [0.717, 1.165) is 5.56 Å². The summed E-state index contributed by atoms with van der Waals surface area (Å²) in [5, 5.41) is 6.51. The van der Waals surface area contributed by atoms with Crippen molar-refractivity contribution in [1.82, 2.24) is 19.9 Å². The zero-order valence-electron chi connectivity index (χ0n) is 14.4. The van der Waals surface area contributed by atoms with Gasteiger partial charge in [-0.1, -0.05) is 23.7 Å². The Hall–Kier alpha value is -3.19. The molecule has 3 aromatic rings. The molecule has 0 saturated heterocycles. The lowest BCUT2D eigenvalue weighted by Crippen LogP contribution is -2.46. The molecular formula is C19H16ClN5O2. The van der Waals surface area contributed by atoms with E-state index in [1.807, 2.05) is 25.1 Å². The van der Waals surface area contributed by atoms with Crippen LogP contribution in [0.2, 0.25) is 5.02 Å². The van der Waals surface area contributed by atoms with Gasteiger partial charge in [0.25, 0.3) is 11.5 Å². The molecule has 3 heterocycles. The standard InChI is InChI=1S/C19H16ClN5O2/c1-19(10-12-3-2-4-13(20)9-12)24-17(26)15-6-5-14(18(27)25(15)19)23-16-7-8-21-11-22-16/h2-9,11H,10H2,1H3,(H,24,26)(H,21,22,23). The first-order valence-electron chi connectivity index (χ1n) is 8.33. The molecule has 1 atom stereocenters. The summed E-state index contributed by atoms with van der Waals surface area (Å²) in [5.41, 5.74) is 0.342.